The van der Waals surface area contributed by atoms with Crippen LogP contribution in [0, 0.1) is 6.92 Å². The third-order valence-electron chi connectivity index (χ3n) is 5.06. The van der Waals surface area contributed by atoms with Crippen molar-refractivity contribution in [1.82, 2.24) is 25.1 Å². The number of carbonyl (C=O) groups excluding carboxylic acids is 2. The van der Waals surface area contributed by atoms with E-state index in [1.165, 1.54) is 4.68 Å². The van der Waals surface area contributed by atoms with Crippen LogP contribution in [0.5, 0.6) is 11.5 Å². The second-order valence-corrected chi connectivity index (χ2v) is 7.19. The minimum Gasteiger partial charge on any atom is -0.497 e. The number of amides is 1. The van der Waals surface area contributed by atoms with Gasteiger partial charge < -0.3 is 23.9 Å². The molecule has 3 aromatic heterocycles. The van der Waals surface area contributed by atoms with Crippen LogP contribution in [-0.4, -0.2) is 52.5 Å². The number of carbonyl (C=O) groups is 2. The van der Waals surface area contributed by atoms with Crippen LogP contribution in [0.1, 0.15) is 39.2 Å². The number of nitrogens with zero attached hydrogens (tertiary/aromatic N) is 4. The van der Waals surface area contributed by atoms with Gasteiger partial charge in [0.15, 0.2) is 12.1 Å². The highest BCUT2D eigenvalue weighted by Gasteiger charge is 2.25. The molecule has 0 unspecified atom stereocenters. The van der Waals surface area contributed by atoms with Crippen molar-refractivity contribution in [2.45, 2.75) is 20.4 Å². The lowest BCUT2D eigenvalue weighted by Crippen LogP contribution is -2.24. The Bertz CT molecular complexity index is 1360. The van der Waals surface area contributed by atoms with E-state index in [0.717, 1.165) is 12.0 Å². The summed E-state index contributed by atoms with van der Waals surface area (Å²) >= 11 is 0. The van der Waals surface area contributed by atoms with E-state index in [4.69, 9.17) is 18.6 Å². The fourth-order valence-corrected chi connectivity index (χ4v) is 3.43. The molecule has 176 valence electrons. The normalized spacial score (nSPS) is 10.8. The Hall–Kier alpha value is -4.41. The Labute approximate surface area is 194 Å². The van der Waals surface area contributed by atoms with E-state index in [-0.39, 0.29) is 30.4 Å². The van der Waals surface area contributed by atoms with Crippen molar-refractivity contribution < 1.29 is 28.2 Å². The maximum Gasteiger partial charge on any atom is 0.378 e. The molecule has 0 spiro atoms. The predicted octanol–water partition coefficient (Wildman–Crippen LogP) is 2.84. The summed E-state index contributed by atoms with van der Waals surface area (Å²) in [5.41, 5.74) is 2.09. The van der Waals surface area contributed by atoms with Crippen molar-refractivity contribution in [2.75, 3.05) is 20.8 Å². The van der Waals surface area contributed by atoms with E-state index in [0.29, 0.717) is 28.1 Å². The average Bonchev–Trinajstić information content (AvgIpc) is 3.47. The highest BCUT2D eigenvalue weighted by atomic mass is 16.5. The van der Waals surface area contributed by atoms with Crippen molar-refractivity contribution in [3.8, 4) is 17.3 Å². The summed E-state index contributed by atoms with van der Waals surface area (Å²) in [6.45, 7) is 3.86. The summed E-state index contributed by atoms with van der Waals surface area (Å²) in [7, 11) is 3.11. The zero-order chi connectivity index (χ0) is 24.2. The van der Waals surface area contributed by atoms with Crippen LogP contribution >= 0.6 is 0 Å². The number of oxazole rings is 1. The van der Waals surface area contributed by atoms with E-state index in [9.17, 15) is 9.59 Å². The van der Waals surface area contributed by atoms with Crippen LogP contribution in [-0.2, 0) is 11.3 Å². The third-order valence-corrected chi connectivity index (χ3v) is 5.06. The van der Waals surface area contributed by atoms with Gasteiger partial charge in [-0.15, -0.1) is 0 Å². The lowest BCUT2D eigenvalue weighted by molar-refractivity contribution is 0.0490. The molecule has 3 heterocycles. The van der Waals surface area contributed by atoms with Gasteiger partial charge in [-0.2, -0.15) is 10.1 Å². The van der Waals surface area contributed by atoms with Gasteiger partial charge in [0.1, 0.15) is 11.5 Å². The molecule has 34 heavy (non-hydrogen) atoms. The summed E-state index contributed by atoms with van der Waals surface area (Å²) < 4.78 is 22.2. The number of esters is 1. The minimum atomic E-state index is -0.684. The number of benzene rings is 1. The summed E-state index contributed by atoms with van der Waals surface area (Å²) in [5.74, 6) is 0.0952. The number of ether oxygens (including phenoxy) is 3. The highest BCUT2D eigenvalue weighted by molar-refractivity contribution is 6.05. The first-order valence-electron chi connectivity index (χ1n) is 10.4. The molecule has 0 fully saturated rings. The lowest BCUT2D eigenvalue weighted by Gasteiger charge is -2.11. The summed E-state index contributed by atoms with van der Waals surface area (Å²) in [6.07, 6.45) is 2.68. The first kappa shape index (κ1) is 22.8. The van der Waals surface area contributed by atoms with Crippen LogP contribution < -0.4 is 14.8 Å². The number of hydrogen-bond acceptors (Lipinski definition) is 9. The van der Waals surface area contributed by atoms with Gasteiger partial charge in [0.2, 0.25) is 5.82 Å². The number of nitrogens with one attached hydrogen (secondary N) is 1. The molecule has 0 atom stereocenters. The predicted molar refractivity (Wildman–Crippen MR) is 120 cm³/mol. The molecule has 0 saturated heterocycles. The lowest BCUT2D eigenvalue weighted by atomic mass is 10.1. The van der Waals surface area contributed by atoms with Gasteiger partial charge in [-0.05, 0) is 32.0 Å². The first-order valence-corrected chi connectivity index (χ1v) is 10.4. The zero-order valence-electron chi connectivity index (χ0n) is 19.1. The molecule has 1 N–H and O–H groups in total. The largest absolute Gasteiger partial charge is 0.497 e. The Morgan fingerprint density at radius 2 is 1.97 bits per heavy atom. The van der Waals surface area contributed by atoms with Gasteiger partial charge in [-0.3, -0.25) is 9.78 Å². The number of fused-ring (bicyclic) bond motifs is 1. The molecule has 1 amide bonds. The van der Waals surface area contributed by atoms with Crippen molar-refractivity contribution in [3.63, 3.8) is 0 Å². The van der Waals surface area contributed by atoms with Crippen molar-refractivity contribution in [3.05, 3.63) is 59.6 Å². The van der Waals surface area contributed by atoms with Gasteiger partial charge in [0.25, 0.3) is 11.7 Å². The van der Waals surface area contributed by atoms with E-state index in [1.807, 2.05) is 6.07 Å². The Kier molecular flexibility index (Phi) is 6.44. The van der Waals surface area contributed by atoms with Gasteiger partial charge in [-0.25, -0.2) is 9.48 Å². The average molecular weight is 465 g/mol. The highest BCUT2D eigenvalue weighted by Crippen LogP contribution is 2.26. The Morgan fingerprint density at radius 3 is 2.71 bits per heavy atom. The fraction of sp³-hybridized carbons (Fsp3) is 0.261. The van der Waals surface area contributed by atoms with E-state index < -0.39 is 11.9 Å². The van der Waals surface area contributed by atoms with Crippen LogP contribution in [0.25, 0.3) is 16.7 Å². The molecule has 11 nitrogen and oxygen atoms in total. The van der Waals surface area contributed by atoms with E-state index in [2.05, 4.69) is 20.4 Å². The molecule has 4 rings (SSSR count). The number of rotatable bonds is 8. The van der Waals surface area contributed by atoms with Gasteiger partial charge >= 0.3 is 5.97 Å². The number of aromatic nitrogens is 4. The molecule has 0 aliphatic rings. The monoisotopic (exact) mass is 465 g/mol. The molecular weight excluding hydrogens is 442 g/mol. The molecule has 0 aliphatic carbocycles. The molecule has 0 radical (unpaired) electrons. The first-order chi connectivity index (χ1) is 16.5. The molecule has 0 bridgehead atoms. The van der Waals surface area contributed by atoms with Crippen LogP contribution in [0.3, 0.4) is 0 Å². The second kappa shape index (κ2) is 9.61. The molecule has 0 saturated carbocycles. The number of aryl methyl sites for hydroxylation is 1. The maximum absolute atomic E-state index is 13.2. The summed E-state index contributed by atoms with van der Waals surface area (Å²) in [4.78, 5) is 33.9. The van der Waals surface area contributed by atoms with E-state index in [1.54, 1.807) is 52.5 Å². The van der Waals surface area contributed by atoms with Crippen molar-refractivity contribution in [1.29, 1.82) is 0 Å². The number of pyridine rings is 1. The number of methoxy groups -OCH3 is 2. The van der Waals surface area contributed by atoms with Crippen LogP contribution in [0.2, 0.25) is 0 Å². The van der Waals surface area contributed by atoms with Crippen molar-refractivity contribution in [2.24, 2.45) is 0 Å². The quantitative estimate of drug-likeness (QED) is 0.390. The molecule has 11 heteroatoms. The van der Waals surface area contributed by atoms with Crippen LogP contribution in [0.4, 0.5) is 0 Å². The van der Waals surface area contributed by atoms with Crippen molar-refractivity contribution >= 4 is 22.8 Å². The molecule has 4 aromatic rings. The maximum atomic E-state index is 13.2. The molecule has 1 aromatic carbocycles. The minimum absolute atomic E-state index is 0.102. The SMILES string of the molecule is CCOC(=O)c1ocnc1-n1nc(C(=O)NCc2ccc(OC)cc2OC)c2cc(C)ncc21. The second-order valence-electron chi connectivity index (χ2n) is 7.19. The molecule has 0 aliphatic heterocycles. The standard InChI is InChI=1S/C23H23N5O6/c1-5-33-23(30)20-21(26-12-34-20)28-17-11-24-13(2)8-16(17)19(27-28)22(29)25-10-14-6-7-15(31-3)9-18(14)32-4/h6-9,11-12H,5,10H2,1-4H3,(H,25,29). The zero-order valence-corrected chi connectivity index (χ0v) is 19.1. The third kappa shape index (κ3) is 4.27. The Morgan fingerprint density at radius 1 is 1.15 bits per heavy atom. The smallest absolute Gasteiger partial charge is 0.378 e. The van der Waals surface area contributed by atoms with Crippen LogP contribution in [0.15, 0.2) is 41.3 Å². The summed E-state index contributed by atoms with van der Waals surface area (Å²) in [6, 6.07) is 7.07. The fourth-order valence-electron chi connectivity index (χ4n) is 3.43. The van der Waals surface area contributed by atoms with Gasteiger partial charge in [0.05, 0.1) is 32.5 Å². The van der Waals surface area contributed by atoms with Gasteiger partial charge in [-0.1, -0.05) is 0 Å². The topological polar surface area (TPSA) is 131 Å². The Balaban J connectivity index is 1.69. The molecular formula is C23H23N5O6. The van der Waals surface area contributed by atoms with E-state index >= 15 is 0 Å². The van der Waals surface area contributed by atoms with Gasteiger partial charge in [0, 0.05) is 29.3 Å². The number of hydrogen-bond donors (Lipinski definition) is 1. The summed E-state index contributed by atoms with van der Waals surface area (Å²) in [5, 5.41) is 7.85.